The van der Waals surface area contributed by atoms with Crippen molar-refractivity contribution in [3.8, 4) is 0 Å². The van der Waals surface area contributed by atoms with Gasteiger partial charge in [0.1, 0.15) is 0 Å². The van der Waals surface area contributed by atoms with Crippen LogP contribution in [0.15, 0.2) is 35.2 Å². The molecule has 3 heteroatoms. The van der Waals surface area contributed by atoms with Crippen molar-refractivity contribution in [2.24, 2.45) is 0 Å². The van der Waals surface area contributed by atoms with Crippen molar-refractivity contribution in [2.75, 3.05) is 6.54 Å². The summed E-state index contributed by atoms with van der Waals surface area (Å²) in [6, 6.07) is 6.89. The predicted octanol–water partition coefficient (Wildman–Crippen LogP) is 3.73. The molecule has 0 radical (unpaired) electrons. The van der Waals surface area contributed by atoms with Gasteiger partial charge in [-0.1, -0.05) is 13.0 Å². The molecule has 0 saturated heterocycles. The summed E-state index contributed by atoms with van der Waals surface area (Å²) in [4.78, 5) is 4.39. The molecule has 0 aliphatic carbocycles. The Bertz CT molecular complexity index is 448. The zero-order valence-corrected chi connectivity index (χ0v) is 11.8. The Morgan fingerprint density at radius 1 is 1.33 bits per heavy atom. The minimum absolute atomic E-state index is 0.406. The van der Waals surface area contributed by atoms with Crippen LogP contribution in [0.25, 0.3) is 0 Å². The van der Waals surface area contributed by atoms with Crippen molar-refractivity contribution >= 4 is 11.3 Å². The molecule has 2 aromatic rings. The summed E-state index contributed by atoms with van der Waals surface area (Å²) in [6.07, 6.45) is 4.24. The van der Waals surface area contributed by atoms with Gasteiger partial charge in [-0.05, 0) is 60.3 Å². The molecule has 2 rings (SSSR count). The second-order valence-electron chi connectivity index (χ2n) is 4.51. The first kappa shape index (κ1) is 13.2. The first-order valence-corrected chi connectivity index (χ1v) is 7.41. The van der Waals surface area contributed by atoms with Crippen LogP contribution in [0.4, 0.5) is 0 Å². The fourth-order valence-corrected chi connectivity index (χ4v) is 2.77. The van der Waals surface area contributed by atoms with Gasteiger partial charge in [0.15, 0.2) is 0 Å². The second-order valence-corrected chi connectivity index (χ2v) is 5.29. The minimum Gasteiger partial charge on any atom is -0.310 e. The summed E-state index contributed by atoms with van der Waals surface area (Å²) < 4.78 is 0. The molecular formula is C15H20N2S. The molecule has 0 aromatic carbocycles. The number of pyridine rings is 1. The van der Waals surface area contributed by atoms with Crippen LogP contribution < -0.4 is 5.32 Å². The molecule has 1 unspecified atom stereocenters. The van der Waals surface area contributed by atoms with E-state index in [0.29, 0.717) is 6.04 Å². The third-order valence-corrected chi connectivity index (χ3v) is 3.82. The smallest absolute Gasteiger partial charge is 0.0372 e. The minimum atomic E-state index is 0.406. The Morgan fingerprint density at radius 3 is 2.83 bits per heavy atom. The lowest BCUT2D eigenvalue weighted by Gasteiger charge is -2.17. The van der Waals surface area contributed by atoms with E-state index in [1.165, 1.54) is 11.1 Å². The zero-order chi connectivity index (χ0) is 12.8. The number of hydrogen-bond acceptors (Lipinski definition) is 3. The SMILES string of the molecule is CCNC(CCc1ccsc1)c1ccc(C)nc1. The lowest BCUT2D eigenvalue weighted by molar-refractivity contribution is 0.514. The summed E-state index contributed by atoms with van der Waals surface area (Å²) in [5.74, 6) is 0. The van der Waals surface area contributed by atoms with Gasteiger partial charge in [0, 0.05) is 17.9 Å². The molecule has 0 fully saturated rings. The van der Waals surface area contributed by atoms with Gasteiger partial charge in [-0.3, -0.25) is 4.98 Å². The highest BCUT2D eigenvalue weighted by Gasteiger charge is 2.10. The molecule has 18 heavy (non-hydrogen) atoms. The van der Waals surface area contributed by atoms with Gasteiger partial charge in [0.05, 0.1) is 0 Å². The van der Waals surface area contributed by atoms with Crippen LogP contribution in [-0.4, -0.2) is 11.5 Å². The van der Waals surface area contributed by atoms with Crippen molar-refractivity contribution in [3.05, 3.63) is 52.0 Å². The Balaban J connectivity index is 2.01. The van der Waals surface area contributed by atoms with E-state index in [1.54, 1.807) is 11.3 Å². The summed E-state index contributed by atoms with van der Waals surface area (Å²) >= 11 is 1.77. The second kappa shape index (κ2) is 6.66. The molecule has 2 nitrogen and oxygen atoms in total. The van der Waals surface area contributed by atoms with Gasteiger partial charge in [-0.15, -0.1) is 0 Å². The highest BCUT2D eigenvalue weighted by molar-refractivity contribution is 7.07. The molecule has 0 aliphatic heterocycles. The molecule has 2 heterocycles. The van der Waals surface area contributed by atoms with Gasteiger partial charge >= 0.3 is 0 Å². The normalized spacial score (nSPS) is 12.6. The monoisotopic (exact) mass is 260 g/mol. The van der Waals surface area contributed by atoms with Gasteiger partial charge in [0.25, 0.3) is 0 Å². The van der Waals surface area contributed by atoms with Crippen LogP contribution in [0.2, 0.25) is 0 Å². The number of aromatic nitrogens is 1. The van der Waals surface area contributed by atoms with E-state index in [9.17, 15) is 0 Å². The third-order valence-electron chi connectivity index (χ3n) is 3.09. The van der Waals surface area contributed by atoms with E-state index in [2.05, 4.69) is 46.2 Å². The molecule has 96 valence electrons. The topological polar surface area (TPSA) is 24.9 Å². The van der Waals surface area contributed by atoms with E-state index in [0.717, 1.165) is 25.1 Å². The van der Waals surface area contributed by atoms with Crippen molar-refractivity contribution in [1.82, 2.24) is 10.3 Å². The maximum atomic E-state index is 4.39. The van der Waals surface area contributed by atoms with E-state index in [-0.39, 0.29) is 0 Å². The van der Waals surface area contributed by atoms with Crippen LogP contribution in [0, 0.1) is 6.92 Å². The van der Waals surface area contributed by atoms with Crippen LogP contribution in [-0.2, 0) is 6.42 Å². The average molecular weight is 260 g/mol. The number of nitrogens with zero attached hydrogens (tertiary/aromatic N) is 1. The molecule has 2 aromatic heterocycles. The van der Waals surface area contributed by atoms with E-state index in [1.807, 2.05) is 13.1 Å². The maximum absolute atomic E-state index is 4.39. The Labute approximate surface area is 113 Å². The highest BCUT2D eigenvalue weighted by atomic mass is 32.1. The Morgan fingerprint density at radius 2 is 2.22 bits per heavy atom. The molecule has 0 saturated carbocycles. The van der Waals surface area contributed by atoms with E-state index in [4.69, 9.17) is 0 Å². The van der Waals surface area contributed by atoms with Crippen molar-refractivity contribution < 1.29 is 0 Å². The fraction of sp³-hybridized carbons (Fsp3) is 0.400. The summed E-state index contributed by atoms with van der Waals surface area (Å²) in [5, 5.41) is 7.92. The number of hydrogen-bond donors (Lipinski definition) is 1. The number of thiophene rings is 1. The molecule has 1 N–H and O–H groups in total. The number of nitrogens with one attached hydrogen (secondary N) is 1. The molecule has 0 spiro atoms. The maximum Gasteiger partial charge on any atom is 0.0372 e. The lowest BCUT2D eigenvalue weighted by Crippen LogP contribution is -2.21. The summed E-state index contributed by atoms with van der Waals surface area (Å²) in [7, 11) is 0. The Hall–Kier alpha value is -1.19. The predicted molar refractivity (Wildman–Crippen MR) is 78.0 cm³/mol. The largest absolute Gasteiger partial charge is 0.310 e. The van der Waals surface area contributed by atoms with Gasteiger partial charge in [0.2, 0.25) is 0 Å². The number of rotatable bonds is 6. The molecule has 1 atom stereocenters. The molecule has 0 amide bonds. The van der Waals surface area contributed by atoms with Crippen LogP contribution >= 0.6 is 11.3 Å². The average Bonchev–Trinajstić information content (AvgIpc) is 2.89. The first-order valence-electron chi connectivity index (χ1n) is 6.46. The highest BCUT2D eigenvalue weighted by Crippen LogP contribution is 2.19. The van der Waals surface area contributed by atoms with Gasteiger partial charge < -0.3 is 5.32 Å². The van der Waals surface area contributed by atoms with Gasteiger partial charge in [-0.2, -0.15) is 11.3 Å². The number of aryl methyl sites for hydroxylation is 2. The van der Waals surface area contributed by atoms with Crippen LogP contribution in [0.1, 0.15) is 36.2 Å². The molecular weight excluding hydrogens is 240 g/mol. The summed E-state index contributed by atoms with van der Waals surface area (Å²) in [5.41, 5.74) is 3.80. The quantitative estimate of drug-likeness (QED) is 0.856. The standard InChI is InChI=1S/C15H20N2S/c1-3-16-15(7-5-13-8-9-18-11-13)14-6-4-12(2)17-10-14/h4,6,8-11,15-16H,3,5,7H2,1-2H3. The first-order chi connectivity index (χ1) is 8.79. The van der Waals surface area contributed by atoms with Crippen LogP contribution in [0.3, 0.4) is 0 Å². The van der Waals surface area contributed by atoms with Crippen molar-refractivity contribution in [2.45, 2.75) is 32.7 Å². The zero-order valence-electron chi connectivity index (χ0n) is 11.0. The van der Waals surface area contributed by atoms with Crippen molar-refractivity contribution in [3.63, 3.8) is 0 Å². The summed E-state index contributed by atoms with van der Waals surface area (Å²) in [6.45, 7) is 5.17. The van der Waals surface area contributed by atoms with Gasteiger partial charge in [-0.25, -0.2) is 0 Å². The molecule has 0 bridgehead atoms. The fourth-order valence-electron chi connectivity index (χ4n) is 2.06. The van der Waals surface area contributed by atoms with E-state index < -0.39 is 0 Å². The van der Waals surface area contributed by atoms with Crippen molar-refractivity contribution in [1.29, 1.82) is 0 Å². The molecule has 0 aliphatic rings. The lowest BCUT2D eigenvalue weighted by atomic mass is 10.0. The third kappa shape index (κ3) is 3.65. The van der Waals surface area contributed by atoms with E-state index >= 15 is 0 Å². The Kier molecular flexibility index (Phi) is 4.90. The van der Waals surface area contributed by atoms with Crippen LogP contribution in [0.5, 0.6) is 0 Å².